The van der Waals surface area contributed by atoms with Gasteiger partial charge in [-0.2, -0.15) is 0 Å². The molecule has 1 aliphatic rings. The summed E-state index contributed by atoms with van der Waals surface area (Å²) >= 11 is 3.29. The molecule has 0 saturated carbocycles. The maximum absolute atomic E-state index is 11.5. The van der Waals surface area contributed by atoms with Crippen LogP contribution >= 0.6 is 15.9 Å². The Bertz CT molecular complexity index is 490. The van der Waals surface area contributed by atoms with E-state index in [0.717, 1.165) is 12.1 Å². The first-order valence-electron chi connectivity index (χ1n) is 5.54. The van der Waals surface area contributed by atoms with Gasteiger partial charge >= 0.3 is 5.97 Å². The molecule has 18 heavy (non-hydrogen) atoms. The molecule has 1 unspecified atom stereocenters. The highest BCUT2D eigenvalue weighted by atomic mass is 79.9. The second-order valence-corrected chi connectivity index (χ2v) is 4.82. The highest BCUT2D eigenvalue weighted by molar-refractivity contribution is 9.10. The molecule has 2 N–H and O–H groups in total. The van der Waals surface area contributed by atoms with E-state index in [-0.39, 0.29) is 11.9 Å². The zero-order valence-electron chi connectivity index (χ0n) is 9.83. The number of benzene rings is 1. The van der Waals surface area contributed by atoms with Crippen LogP contribution in [-0.4, -0.2) is 31.6 Å². The van der Waals surface area contributed by atoms with Crippen LogP contribution in [0.25, 0.3) is 0 Å². The summed E-state index contributed by atoms with van der Waals surface area (Å²) < 4.78 is 5.35. The van der Waals surface area contributed by atoms with Gasteiger partial charge in [0.25, 0.3) is 0 Å². The number of amides is 1. The molecule has 2 rings (SSSR count). The van der Waals surface area contributed by atoms with Crippen molar-refractivity contribution >= 4 is 33.5 Å². The Kier molecular flexibility index (Phi) is 3.86. The number of ether oxygens (including phenoxy) is 1. The molecule has 0 spiro atoms. The van der Waals surface area contributed by atoms with Gasteiger partial charge in [0, 0.05) is 16.7 Å². The van der Waals surface area contributed by atoms with Crippen molar-refractivity contribution in [3.63, 3.8) is 0 Å². The molecule has 6 heteroatoms. The maximum Gasteiger partial charge on any atom is 0.339 e. The Balaban J connectivity index is 2.19. The maximum atomic E-state index is 11.5. The lowest BCUT2D eigenvalue weighted by atomic mass is 10.1. The topological polar surface area (TPSA) is 67.4 Å². The molecule has 0 aromatic heterocycles. The summed E-state index contributed by atoms with van der Waals surface area (Å²) in [6.45, 7) is 0.677. The molecule has 0 radical (unpaired) electrons. The molecule has 96 valence electrons. The molecular weight excluding hydrogens is 300 g/mol. The van der Waals surface area contributed by atoms with E-state index in [4.69, 9.17) is 0 Å². The van der Waals surface area contributed by atoms with E-state index >= 15 is 0 Å². The normalized spacial score (nSPS) is 18.3. The van der Waals surface area contributed by atoms with Crippen LogP contribution in [0.3, 0.4) is 0 Å². The fourth-order valence-electron chi connectivity index (χ4n) is 1.81. The lowest BCUT2D eigenvalue weighted by Gasteiger charge is -2.12. The van der Waals surface area contributed by atoms with Crippen LogP contribution < -0.4 is 10.6 Å². The van der Waals surface area contributed by atoms with Gasteiger partial charge in [0.1, 0.15) is 6.04 Å². The molecule has 0 aliphatic carbocycles. The summed E-state index contributed by atoms with van der Waals surface area (Å²) in [7, 11) is 1.33. The van der Waals surface area contributed by atoms with Crippen LogP contribution in [0.15, 0.2) is 22.7 Å². The fourth-order valence-corrected chi connectivity index (χ4v) is 2.22. The molecule has 1 aromatic rings. The Morgan fingerprint density at radius 2 is 2.33 bits per heavy atom. The van der Waals surface area contributed by atoms with Crippen LogP contribution in [0.4, 0.5) is 5.69 Å². The van der Waals surface area contributed by atoms with Gasteiger partial charge in [0.15, 0.2) is 0 Å². The number of halogens is 1. The number of rotatable bonds is 3. The Morgan fingerprint density at radius 3 is 2.94 bits per heavy atom. The Hall–Kier alpha value is -1.56. The molecule has 1 atom stereocenters. The standard InChI is InChI=1S/C12H13BrN2O3/c1-18-12(17)8-6-7(2-3-9(8)13)15-10-4-5-14-11(10)16/h2-3,6,10,15H,4-5H2,1H3,(H,14,16). The number of hydrogen-bond acceptors (Lipinski definition) is 4. The van der Waals surface area contributed by atoms with E-state index in [9.17, 15) is 9.59 Å². The minimum Gasteiger partial charge on any atom is -0.465 e. The summed E-state index contributed by atoms with van der Waals surface area (Å²) in [5.41, 5.74) is 1.15. The average molecular weight is 313 g/mol. The largest absolute Gasteiger partial charge is 0.465 e. The monoisotopic (exact) mass is 312 g/mol. The van der Waals surface area contributed by atoms with E-state index in [1.165, 1.54) is 7.11 Å². The van der Waals surface area contributed by atoms with Gasteiger partial charge in [-0.25, -0.2) is 4.79 Å². The molecule has 1 aromatic carbocycles. The number of methoxy groups -OCH3 is 1. The SMILES string of the molecule is COC(=O)c1cc(NC2CCNC2=O)ccc1Br. The second kappa shape index (κ2) is 5.39. The lowest BCUT2D eigenvalue weighted by molar-refractivity contribution is -0.119. The summed E-state index contributed by atoms with van der Waals surface area (Å²) in [6, 6.07) is 4.99. The van der Waals surface area contributed by atoms with Crippen molar-refractivity contribution in [1.29, 1.82) is 0 Å². The minimum absolute atomic E-state index is 0.0162. The van der Waals surface area contributed by atoms with Gasteiger partial charge in [-0.1, -0.05) is 0 Å². The molecule has 0 bridgehead atoms. The Labute approximate surface area is 113 Å². The molecular formula is C12H13BrN2O3. The van der Waals surface area contributed by atoms with Crippen molar-refractivity contribution in [2.75, 3.05) is 19.0 Å². The average Bonchev–Trinajstić information content (AvgIpc) is 2.76. The zero-order valence-corrected chi connectivity index (χ0v) is 11.4. The third kappa shape index (κ3) is 2.64. The van der Waals surface area contributed by atoms with Crippen LogP contribution in [0.5, 0.6) is 0 Å². The zero-order chi connectivity index (χ0) is 13.1. The van der Waals surface area contributed by atoms with Crippen LogP contribution in [-0.2, 0) is 9.53 Å². The van der Waals surface area contributed by atoms with E-state index in [0.29, 0.717) is 16.6 Å². The van der Waals surface area contributed by atoms with Crippen molar-refractivity contribution in [3.05, 3.63) is 28.2 Å². The minimum atomic E-state index is -0.415. The van der Waals surface area contributed by atoms with Crippen molar-refractivity contribution in [2.24, 2.45) is 0 Å². The van der Waals surface area contributed by atoms with Crippen LogP contribution in [0, 0.1) is 0 Å². The predicted molar refractivity (Wildman–Crippen MR) is 70.5 cm³/mol. The number of hydrogen-bond donors (Lipinski definition) is 2. The summed E-state index contributed by atoms with van der Waals surface area (Å²) in [5.74, 6) is -0.432. The predicted octanol–water partition coefficient (Wildman–Crippen LogP) is 1.54. The highest BCUT2D eigenvalue weighted by Gasteiger charge is 2.24. The van der Waals surface area contributed by atoms with E-state index in [1.54, 1.807) is 12.1 Å². The van der Waals surface area contributed by atoms with Gasteiger partial charge in [-0.3, -0.25) is 4.79 Å². The summed E-state index contributed by atoms with van der Waals surface area (Å²) in [6.07, 6.45) is 0.739. The molecule has 1 saturated heterocycles. The third-order valence-electron chi connectivity index (χ3n) is 2.76. The van der Waals surface area contributed by atoms with E-state index in [2.05, 4.69) is 31.3 Å². The van der Waals surface area contributed by atoms with Crippen LogP contribution in [0.2, 0.25) is 0 Å². The van der Waals surface area contributed by atoms with Gasteiger partial charge in [0.2, 0.25) is 5.91 Å². The van der Waals surface area contributed by atoms with Gasteiger partial charge in [0.05, 0.1) is 12.7 Å². The van der Waals surface area contributed by atoms with Gasteiger partial charge in [-0.15, -0.1) is 0 Å². The van der Waals surface area contributed by atoms with E-state index in [1.807, 2.05) is 6.07 Å². The fraction of sp³-hybridized carbons (Fsp3) is 0.333. The first kappa shape index (κ1) is 12.9. The molecule has 1 amide bonds. The first-order valence-corrected chi connectivity index (χ1v) is 6.33. The van der Waals surface area contributed by atoms with Crippen molar-refractivity contribution in [2.45, 2.75) is 12.5 Å². The van der Waals surface area contributed by atoms with E-state index < -0.39 is 5.97 Å². The number of anilines is 1. The van der Waals surface area contributed by atoms with Crippen molar-refractivity contribution < 1.29 is 14.3 Å². The molecule has 1 aliphatic heterocycles. The Morgan fingerprint density at radius 1 is 1.56 bits per heavy atom. The lowest BCUT2D eigenvalue weighted by Crippen LogP contribution is -2.29. The highest BCUT2D eigenvalue weighted by Crippen LogP contribution is 2.23. The summed E-state index contributed by atoms with van der Waals surface area (Å²) in [5, 5.41) is 5.84. The second-order valence-electron chi connectivity index (χ2n) is 3.96. The molecule has 1 heterocycles. The van der Waals surface area contributed by atoms with Crippen LogP contribution in [0.1, 0.15) is 16.8 Å². The quantitative estimate of drug-likeness (QED) is 0.831. The summed E-state index contributed by atoms with van der Waals surface area (Å²) in [4.78, 5) is 23.0. The van der Waals surface area contributed by atoms with Gasteiger partial charge in [-0.05, 0) is 40.5 Å². The smallest absolute Gasteiger partial charge is 0.339 e. The molecule has 1 fully saturated rings. The number of carbonyl (C=O) groups is 2. The number of carbonyl (C=O) groups excluding carboxylic acids is 2. The van der Waals surface area contributed by atoms with Crippen molar-refractivity contribution in [3.8, 4) is 0 Å². The molecule has 5 nitrogen and oxygen atoms in total. The first-order chi connectivity index (χ1) is 8.61. The third-order valence-corrected chi connectivity index (χ3v) is 3.45. The number of esters is 1. The van der Waals surface area contributed by atoms with Crippen molar-refractivity contribution in [1.82, 2.24) is 5.32 Å². The number of nitrogens with one attached hydrogen (secondary N) is 2. The van der Waals surface area contributed by atoms with Gasteiger partial charge < -0.3 is 15.4 Å².